The number of aryl methyl sites for hydroxylation is 1. The van der Waals surface area contributed by atoms with Gasteiger partial charge in [0.15, 0.2) is 0 Å². The number of nitrogens with zero attached hydrogens (tertiary/aromatic N) is 2. The van der Waals surface area contributed by atoms with Crippen LogP contribution in [0, 0.1) is 5.92 Å². The van der Waals surface area contributed by atoms with Crippen LogP contribution in [0.3, 0.4) is 0 Å². The number of hydrogen-bond donors (Lipinski definition) is 1. The Hall–Kier alpha value is -3.21. The Labute approximate surface area is 183 Å². The maximum absolute atomic E-state index is 12.6. The van der Waals surface area contributed by atoms with Gasteiger partial charge >= 0.3 is 0 Å². The summed E-state index contributed by atoms with van der Waals surface area (Å²) in [6, 6.07) is 16.4. The van der Waals surface area contributed by atoms with E-state index < -0.39 is 0 Å². The molecule has 4 aromatic rings. The van der Waals surface area contributed by atoms with Crippen LogP contribution in [0.25, 0.3) is 21.8 Å². The van der Waals surface area contributed by atoms with E-state index >= 15 is 0 Å². The summed E-state index contributed by atoms with van der Waals surface area (Å²) in [6.07, 6.45) is 6.17. The number of hydrogen-bond acceptors (Lipinski definition) is 2. The van der Waals surface area contributed by atoms with Crippen molar-refractivity contribution in [3.8, 4) is 5.75 Å². The van der Waals surface area contributed by atoms with Crippen molar-refractivity contribution >= 4 is 27.7 Å². The van der Waals surface area contributed by atoms with Crippen LogP contribution in [-0.2, 0) is 24.3 Å². The van der Waals surface area contributed by atoms with Gasteiger partial charge in [0, 0.05) is 41.8 Å². The molecule has 2 aromatic carbocycles. The lowest BCUT2D eigenvalue weighted by Crippen LogP contribution is -2.29. The standard InChI is InChI=1S/C26H31N3O2/c1-19(2)12-15-28-17-20(21-7-4-5-8-23(21)28)11-14-27-26(30)18-29-16-13-22-24(29)9-6-10-25(22)31-3/h4-10,13,16-17,19H,11-12,14-15,18H2,1-3H3,(H,27,30). The molecule has 0 aliphatic carbocycles. The van der Waals surface area contributed by atoms with Gasteiger partial charge in [-0.25, -0.2) is 0 Å². The Kier molecular flexibility index (Phi) is 6.31. The van der Waals surface area contributed by atoms with E-state index in [1.54, 1.807) is 7.11 Å². The van der Waals surface area contributed by atoms with E-state index in [4.69, 9.17) is 4.74 Å². The second-order valence-electron chi connectivity index (χ2n) is 8.48. The minimum absolute atomic E-state index is 0.0175. The lowest BCUT2D eigenvalue weighted by Gasteiger charge is -2.08. The van der Waals surface area contributed by atoms with E-state index in [-0.39, 0.29) is 5.91 Å². The Balaban J connectivity index is 1.39. The van der Waals surface area contributed by atoms with E-state index in [9.17, 15) is 4.79 Å². The summed E-state index contributed by atoms with van der Waals surface area (Å²) in [6.45, 7) is 6.46. The number of methoxy groups -OCH3 is 1. The zero-order valence-corrected chi connectivity index (χ0v) is 18.6. The lowest BCUT2D eigenvalue weighted by atomic mass is 10.1. The van der Waals surface area contributed by atoms with Gasteiger partial charge in [-0.1, -0.05) is 38.1 Å². The maximum Gasteiger partial charge on any atom is 0.239 e. The smallest absolute Gasteiger partial charge is 0.239 e. The van der Waals surface area contributed by atoms with Crippen molar-refractivity contribution in [3.05, 3.63) is 66.5 Å². The average Bonchev–Trinajstić information content (AvgIpc) is 3.34. The Morgan fingerprint density at radius 2 is 1.77 bits per heavy atom. The monoisotopic (exact) mass is 417 g/mol. The fourth-order valence-electron chi connectivity index (χ4n) is 4.16. The third kappa shape index (κ3) is 4.61. The number of ether oxygens (including phenoxy) is 1. The molecule has 2 aromatic heterocycles. The summed E-state index contributed by atoms with van der Waals surface area (Å²) in [5.41, 5.74) is 3.57. The van der Waals surface area contributed by atoms with Gasteiger partial charge in [-0.3, -0.25) is 4.79 Å². The number of para-hydroxylation sites is 1. The minimum atomic E-state index is 0.0175. The number of fused-ring (bicyclic) bond motifs is 2. The zero-order chi connectivity index (χ0) is 21.8. The Morgan fingerprint density at radius 3 is 2.58 bits per heavy atom. The van der Waals surface area contributed by atoms with Gasteiger partial charge in [0.1, 0.15) is 12.3 Å². The van der Waals surface area contributed by atoms with Crippen molar-refractivity contribution in [1.82, 2.24) is 14.5 Å². The normalized spacial score (nSPS) is 11.5. The number of nitrogens with one attached hydrogen (secondary N) is 1. The van der Waals surface area contributed by atoms with Gasteiger partial charge in [-0.05, 0) is 48.6 Å². The molecular formula is C26H31N3O2. The Bertz CT molecular complexity index is 1190. The lowest BCUT2D eigenvalue weighted by molar-refractivity contribution is -0.121. The summed E-state index contributed by atoms with van der Waals surface area (Å²) in [5.74, 6) is 1.52. The van der Waals surface area contributed by atoms with Crippen LogP contribution in [0.1, 0.15) is 25.8 Å². The fraction of sp³-hybridized carbons (Fsp3) is 0.346. The van der Waals surface area contributed by atoms with Gasteiger partial charge < -0.3 is 19.2 Å². The largest absolute Gasteiger partial charge is 0.496 e. The molecule has 0 unspecified atom stereocenters. The quantitative estimate of drug-likeness (QED) is 0.416. The first-order valence-electron chi connectivity index (χ1n) is 11.0. The molecule has 0 atom stereocenters. The number of carbonyl (C=O) groups is 1. The Morgan fingerprint density at radius 1 is 1.00 bits per heavy atom. The van der Waals surface area contributed by atoms with Crippen molar-refractivity contribution in [3.63, 3.8) is 0 Å². The molecule has 0 saturated heterocycles. The fourth-order valence-corrected chi connectivity index (χ4v) is 4.16. The molecule has 0 aliphatic rings. The molecule has 31 heavy (non-hydrogen) atoms. The second kappa shape index (κ2) is 9.29. The first-order valence-corrected chi connectivity index (χ1v) is 11.0. The predicted molar refractivity (Wildman–Crippen MR) is 127 cm³/mol. The second-order valence-corrected chi connectivity index (χ2v) is 8.48. The third-order valence-corrected chi connectivity index (χ3v) is 5.84. The van der Waals surface area contributed by atoms with Crippen molar-refractivity contribution in [1.29, 1.82) is 0 Å². The highest BCUT2D eigenvalue weighted by Gasteiger charge is 2.11. The molecule has 5 heteroatoms. The van der Waals surface area contributed by atoms with Gasteiger partial charge in [0.2, 0.25) is 5.91 Å². The van der Waals surface area contributed by atoms with Crippen molar-refractivity contribution in [2.45, 2.75) is 39.8 Å². The molecule has 0 bridgehead atoms. The maximum atomic E-state index is 12.6. The van der Waals surface area contributed by atoms with Crippen LogP contribution in [0.15, 0.2) is 60.9 Å². The van der Waals surface area contributed by atoms with E-state index in [0.717, 1.165) is 36.0 Å². The number of rotatable bonds is 9. The first kappa shape index (κ1) is 21.0. The molecule has 162 valence electrons. The van der Waals surface area contributed by atoms with Crippen molar-refractivity contribution < 1.29 is 9.53 Å². The number of carbonyl (C=O) groups excluding carboxylic acids is 1. The van der Waals surface area contributed by atoms with Crippen LogP contribution in [0.4, 0.5) is 0 Å². The first-order chi connectivity index (χ1) is 15.1. The van der Waals surface area contributed by atoms with E-state index in [2.05, 4.69) is 54.2 Å². The van der Waals surface area contributed by atoms with Crippen LogP contribution in [0.5, 0.6) is 5.75 Å². The summed E-state index contributed by atoms with van der Waals surface area (Å²) >= 11 is 0. The van der Waals surface area contributed by atoms with Crippen LogP contribution in [0.2, 0.25) is 0 Å². The van der Waals surface area contributed by atoms with Gasteiger partial charge in [-0.2, -0.15) is 0 Å². The van der Waals surface area contributed by atoms with Crippen LogP contribution < -0.4 is 10.1 Å². The molecule has 0 fully saturated rings. The highest BCUT2D eigenvalue weighted by atomic mass is 16.5. The highest BCUT2D eigenvalue weighted by molar-refractivity contribution is 5.88. The molecule has 1 amide bonds. The summed E-state index contributed by atoms with van der Waals surface area (Å²) in [4.78, 5) is 12.6. The topological polar surface area (TPSA) is 48.2 Å². The van der Waals surface area contributed by atoms with E-state index in [1.807, 2.05) is 35.0 Å². The molecule has 0 aliphatic heterocycles. The summed E-state index contributed by atoms with van der Waals surface area (Å²) < 4.78 is 9.73. The number of aromatic nitrogens is 2. The van der Waals surface area contributed by atoms with Gasteiger partial charge in [-0.15, -0.1) is 0 Å². The van der Waals surface area contributed by atoms with E-state index in [0.29, 0.717) is 19.0 Å². The predicted octanol–water partition coefficient (Wildman–Crippen LogP) is 5.01. The molecule has 2 heterocycles. The zero-order valence-electron chi connectivity index (χ0n) is 18.6. The molecule has 5 nitrogen and oxygen atoms in total. The van der Waals surface area contributed by atoms with Crippen LogP contribution >= 0.6 is 0 Å². The molecule has 0 saturated carbocycles. The van der Waals surface area contributed by atoms with Gasteiger partial charge in [0.05, 0.1) is 12.6 Å². The minimum Gasteiger partial charge on any atom is -0.496 e. The van der Waals surface area contributed by atoms with Crippen molar-refractivity contribution in [2.75, 3.05) is 13.7 Å². The van der Waals surface area contributed by atoms with Crippen LogP contribution in [-0.4, -0.2) is 28.7 Å². The van der Waals surface area contributed by atoms with E-state index in [1.165, 1.54) is 16.5 Å². The molecular weight excluding hydrogens is 386 g/mol. The van der Waals surface area contributed by atoms with Gasteiger partial charge in [0.25, 0.3) is 0 Å². The molecule has 0 spiro atoms. The number of benzene rings is 2. The molecule has 4 rings (SSSR count). The average molecular weight is 418 g/mol. The molecule has 0 radical (unpaired) electrons. The molecule has 1 N–H and O–H groups in total. The highest BCUT2D eigenvalue weighted by Crippen LogP contribution is 2.26. The summed E-state index contributed by atoms with van der Waals surface area (Å²) in [7, 11) is 1.67. The van der Waals surface area contributed by atoms with Crippen molar-refractivity contribution in [2.24, 2.45) is 5.92 Å². The summed E-state index contributed by atoms with van der Waals surface area (Å²) in [5, 5.41) is 5.39. The number of amides is 1. The third-order valence-electron chi connectivity index (χ3n) is 5.84. The SMILES string of the molecule is COc1cccc2c1ccn2CC(=O)NCCc1cn(CCC(C)C)c2ccccc12.